The third-order valence-corrected chi connectivity index (χ3v) is 4.57. The largest absolute Gasteiger partial charge is 0.497 e. The van der Waals surface area contributed by atoms with Crippen LogP contribution in [0.2, 0.25) is 0 Å². The average Bonchev–Trinajstić information content (AvgIpc) is 2.89. The SMILES string of the molecule is COc1cccc(NC(=S)Nc2c(C)nn(Cc3cccc(C)c3)c2C)c1. The summed E-state index contributed by atoms with van der Waals surface area (Å²) in [5.74, 6) is 0.779. The Bertz CT molecular complexity index is 965. The maximum Gasteiger partial charge on any atom is 0.175 e. The maximum atomic E-state index is 5.47. The van der Waals surface area contributed by atoms with Gasteiger partial charge in [-0.25, -0.2) is 0 Å². The molecule has 0 saturated heterocycles. The van der Waals surface area contributed by atoms with Crippen molar-refractivity contribution in [1.82, 2.24) is 9.78 Å². The van der Waals surface area contributed by atoms with E-state index in [1.165, 1.54) is 11.1 Å². The van der Waals surface area contributed by atoms with Crippen molar-refractivity contribution < 1.29 is 4.74 Å². The molecule has 2 N–H and O–H groups in total. The van der Waals surface area contributed by atoms with Crippen molar-refractivity contribution in [3.8, 4) is 5.75 Å². The van der Waals surface area contributed by atoms with Crippen molar-refractivity contribution in [2.45, 2.75) is 27.3 Å². The molecule has 1 heterocycles. The zero-order chi connectivity index (χ0) is 19.4. The van der Waals surface area contributed by atoms with Crippen LogP contribution in [0.1, 0.15) is 22.5 Å². The molecule has 0 aliphatic carbocycles. The monoisotopic (exact) mass is 380 g/mol. The van der Waals surface area contributed by atoms with E-state index < -0.39 is 0 Å². The van der Waals surface area contributed by atoms with Gasteiger partial charge in [0.15, 0.2) is 5.11 Å². The second-order valence-corrected chi connectivity index (χ2v) is 6.91. The normalized spacial score (nSPS) is 10.5. The summed E-state index contributed by atoms with van der Waals surface area (Å²) in [5, 5.41) is 11.7. The van der Waals surface area contributed by atoms with Gasteiger partial charge in [-0.15, -0.1) is 0 Å². The molecule has 140 valence electrons. The summed E-state index contributed by atoms with van der Waals surface area (Å²) in [6.07, 6.45) is 0. The van der Waals surface area contributed by atoms with Gasteiger partial charge in [-0.3, -0.25) is 4.68 Å². The summed E-state index contributed by atoms with van der Waals surface area (Å²) in [6.45, 7) is 6.86. The lowest BCUT2D eigenvalue weighted by molar-refractivity contribution is 0.415. The highest BCUT2D eigenvalue weighted by molar-refractivity contribution is 7.80. The van der Waals surface area contributed by atoms with E-state index in [1.54, 1.807) is 7.11 Å². The molecule has 0 fully saturated rings. The molecule has 6 heteroatoms. The lowest BCUT2D eigenvalue weighted by Crippen LogP contribution is -2.20. The summed E-state index contributed by atoms with van der Waals surface area (Å²) < 4.78 is 7.24. The van der Waals surface area contributed by atoms with Crippen LogP contribution < -0.4 is 15.4 Å². The standard InChI is InChI=1S/C21H24N4OS/c1-14-7-5-8-17(11-14)13-25-16(3)20(15(2)24-25)23-21(27)22-18-9-6-10-19(12-18)26-4/h5-12H,13H2,1-4H3,(H2,22,23,27). The van der Waals surface area contributed by atoms with E-state index >= 15 is 0 Å². The second-order valence-electron chi connectivity index (χ2n) is 6.50. The highest BCUT2D eigenvalue weighted by Gasteiger charge is 2.13. The number of nitrogens with one attached hydrogen (secondary N) is 2. The number of thiocarbonyl (C=S) groups is 1. The summed E-state index contributed by atoms with van der Waals surface area (Å²) in [5.41, 5.74) is 6.23. The Labute approximate surface area is 165 Å². The van der Waals surface area contributed by atoms with E-state index in [4.69, 9.17) is 17.0 Å². The smallest absolute Gasteiger partial charge is 0.175 e. The van der Waals surface area contributed by atoms with Gasteiger partial charge < -0.3 is 15.4 Å². The number of rotatable bonds is 5. The van der Waals surface area contributed by atoms with Crippen molar-refractivity contribution >= 4 is 28.7 Å². The van der Waals surface area contributed by atoms with Gasteiger partial charge in [0.05, 0.1) is 30.7 Å². The van der Waals surface area contributed by atoms with Gasteiger partial charge in [0.2, 0.25) is 0 Å². The van der Waals surface area contributed by atoms with Crippen LogP contribution in [0.25, 0.3) is 0 Å². The fraction of sp³-hybridized carbons (Fsp3) is 0.238. The first-order chi connectivity index (χ1) is 13.0. The number of aromatic nitrogens is 2. The number of benzene rings is 2. The number of hydrogen-bond acceptors (Lipinski definition) is 3. The van der Waals surface area contributed by atoms with E-state index in [-0.39, 0.29) is 0 Å². The van der Waals surface area contributed by atoms with Crippen LogP contribution in [0, 0.1) is 20.8 Å². The minimum Gasteiger partial charge on any atom is -0.497 e. The van der Waals surface area contributed by atoms with Gasteiger partial charge in [0.25, 0.3) is 0 Å². The molecule has 0 atom stereocenters. The Morgan fingerprint density at radius 3 is 2.59 bits per heavy atom. The minimum absolute atomic E-state index is 0.518. The zero-order valence-electron chi connectivity index (χ0n) is 16.0. The van der Waals surface area contributed by atoms with Gasteiger partial charge in [-0.1, -0.05) is 35.9 Å². The Kier molecular flexibility index (Phi) is 5.76. The first-order valence-corrected chi connectivity index (χ1v) is 9.18. The molecule has 0 aliphatic rings. The van der Waals surface area contributed by atoms with Crippen molar-refractivity contribution in [2.75, 3.05) is 17.7 Å². The summed E-state index contributed by atoms with van der Waals surface area (Å²) in [6, 6.07) is 16.1. The predicted octanol–water partition coefficient (Wildman–Crippen LogP) is 4.67. The molecule has 2 aromatic carbocycles. The van der Waals surface area contributed by atoms with Crippen molar-refractivity contribution in [3.63, 3.8) is 0 Å². The average molecular weight is 381 g/mol. The van der Waals surface area contributed by atoms with E-state index in [1.807, 2.05) is 42.8 Å². The molecule has 0 radical (unpaired) electrons. The molecule has 0 spiro atoms. The lowest BCUT2D eigenvalue weighted by Gasteiger charge is -2.12. The van der Waals surface area contributed by atoms with E-state index in [2.05, 4.69) is 46.9 Å². The van der Waals surface area contributed by atoms with E-state index in [0.717, 1.165) is 35.1 Å². The highest BCUT2D eigenvalue weighted by atomic mass is 32.1. The van der Waals surface area contributed by atoms with E-state index in [0.29, 0.717) is 5.11 Å². The van der Waals surface area contributed by atoms with E-state index in [9.17, 15) is 0 Å². The Balaban J connectivity index is 1.73. The van der Waals surface area contributed by atoms with Crippen molar-refractivity contribution in [1.29, 1.82) is 0 Å². The molecule has 5 nitrogen and oxygen atoms in total. The molecule has 0 bridgehead atoms. The minimum atomic E-state index is 0.518. The number of ether oxygens (including phenoxy) is 1. The predicted molar refractivity (Wildman–Crippen MR) is 115 cm³/mol. The first-order valence-electron chi connectivity index (χ1n) is 8.78. The number of nitrogens with zero attached hydrogens (tertiary/aromatic N) is 2. The van der Waals surface area contributed by atoms with Crippen LogP contribution in [-0.4, -0.2) is 22.0 Å². The third kappa shape index (κ3) is 4.65. The molecule has 0 unspecified atom stereocenters. The summed E-state index contributed by atoms with van der Waals surface area (Å²) in [7, 11) is 1.64. The number of methoxy groups -OCH3 is 1. The molecular formula is C21H24N4OS. The van der Waals surface area contributed by atoms with Crippen LogP contribution in [0.4, 0.5) is 11.4 Å². The third-order valence-electron chi connectivity index (χ3n) is 4.36. The first kappa shape index (κ1) is 18.9. The molecule has 1 aromatic heterocycles. The molecule has 27 heavy (non-hydrogen) atoms. The highest BCUT2D eigenvalue weighted by Crippen LogP contribution is 2.22. The molecular weight excluding hydrogens is 356 g/mol. The van der Waals surface area contributed by atoms with Crippen LogP contribution >= 0.6 is 12.2 Å². The quantitative estimate of drug-likeness (QED) is 0.630. The molecule has 3 aromatic rings. The number of aryl methyl sites for hydroxylation is 2. The van der Waals surface area contributed by atoms with Crippen LogP contribution in [0.3, 0.4) is 0 Å². The van der Waals surface area contributed by atoms with Crippen molar-refractivity contribution in [2.24, 2.45) is 0 Å². The van der Waals surface area contributed by atoms with Gasteiger partial charge in [0, 0.05) is 11.8 Å². The fourth-order valence-electron chi connectivity index (χ4n) is 2.99. The lowest BCUT2D eigenvalue weighted by atomic mass is 10.1. The Morgan fingerprint density at radius 2 is 1.85 bits per heavy atom. The number of hydrogen-bond donors (Lipinski definition) is 2. The van der Waals surface area contributed by atoms with Crippen LogP contribution in [0.5, 0.6) is 5.75 Å². The molecule has 3 rings (SSSR count). The molecule has 0 amide bonds. The maximum absolute atomic E-state index is 5.47. The van der Waals surface area contributed by atoms with Gasteiger partial charge >= 0.3 is 0 Å². The summed E-state index contributed by atoms with van der Waals surface area (Å²) in [4.78, 5) is 0. The van der Waals surface area contributed by atoms with Gasteiger partial charge in [-0.05, 0) is 50.7 Å². The zero-order valence-corrected chi connectivity index (χ0v) is 16.9. The molecule has 0 saturated carbocycles. The fourth-order valence-corrected chi connectivity index (χ4v) is 3.21. The topological polar surface area (TPSA) is 51.1 Å². The van der Waals surface area contributed by atoms with Crippen LogP contribution in [0.15, 0.2) is 48.5 Å². The Hall–Kier alpha value is -2.86. The van der Waals surface area contributed by atoms with Crippen molar-refractivity contribution in [3.05, 3.63) is 71.0 Å². The molecule has 0 aliphatic heterocycles. The second kappa shape index (κ2) is 8.22. The van der Waals surface area contributed by atoms with Gasteiger partial charge in [0.1, 0.15) is 5.75 Å². The van der Waals surface area contributed by atoms with Gasteiger partial charge in [-0.2, -0.15) is 5.10 Å². The Morgan fingerprint density at radius 1 is 1.07 bits per heavy atom. The summed E-state index contributed by atoms with van der Waals surface area (Å²) >= 11 is 5.47. The number of anilines is 2. The van der Waals surface area contributed by atoms with Crippen LogP contribution in [-0.2, 0) is 6.54 Å².